The summed E-state index contributed by atoms with van der Waals surface area (Å²) in [6, 6.07) is 9.28. The Balaban J connectivity index is 1.91. The summed E-state index contributed by atoms with van der Waals surface area (Å²) in [7, 11) is 1.60. The number of rotatable bonds is 6. The second-order valence-electron chi connectivity index (χ2n) is 7.30. The van der Waals surface area contributed by atoms with Crippen molar-refractivity contribution in [2.75, 3.05) is 12.4 Å². The number of primary amides is 1. The first-order valence-corrected chi connectivity index (χ1v) is 9.82. The summed E-state index contributed by atoms with van der Waals surface area (Å²) in [5.41, 5.74) is 10.5. The number of methoxy groups -OCH3 is 1. The molecule has 1 atom stereocenters. The van der Waals surface area contributed by atoms with Crippen LogP contribution in [0.15, 0.2) is 47.2 Å². The summed E-state index contributed by atoms with van der Waals surface area (Å²) in [5, 5.41) is 8.15. The number of carbonyl (C=O) groups excluding carboxylic acids is 1. The maximum Gasteiger partial charge on any atom is 0.252 e. The molecule has 0 aliphatic rings. The zero-order valence-electron chi connectivity index (χ0n) is 17.8. The average molecular weight is 417 g/mol. The summed E-state index contributed by atoms with van der Waals surface area (Å²) in [5.74, 6) is 0.726. The van der Waals surface area contributed by atoms with Gasteiger partial charge in [0.05, 0.1) is 46.9 Å². The summed E-state index contributed by atoms with van der Waals surface area (Å²) < 4.78 is 11.0. The fraction of sp³-hybridized carbons (Fsp3) is 0.217. The van der Waals surface area contributed by atoms with E-state index < -0.39 is 5.91 Å². The molecule has 0 saturated carbocycles. The van der Waals surface area contributed by atoms with Crippen molar-refractivity contribution >= 4 is 22.5 Å². The molecule has 8 nitrogen and oxygen atoms in total. The van der Waals surface area contributed by atoms with Crippen LogP contribution in [0.3, 0.4) is 0 Å². The summed E-state index contributed by atoms with van der Waals surface area (Å²) in [4.78, 5) is 21.0. The molecule has 0 saturated heterocycles. The molecule has 158 valence electrons. The van der Waals surface area contributed by atoms with Crippen molar-refractivity contribution in [3.05, 3.63) is 65.4 Å². The van der Waals surface area contributed by atoms with Crippen molar-refractivity contribution in [3.63, 3.8) is 0 Å². The van der Waals surface area contributed by atoms with E-state index in [9.17, 15) is 4.79 Å². The SMILES string of the molecule is COc1cc2c(NC(C)c3ccccn3)c(C(N)=O)cnc2cc1-c1c(C)noc1C. The monoisotopic (exact) mass is 417 g/mol. The number of amides is 1. The van der Waals surface area contributed by atoms with E-state index in [-0.39, 0.29) is 6.04 Å². The van der Waals surface area contributed by atoms with E-state index in [1.807, 2.05) is 51.1 Å². The molecule has 1 unspecified atom stereocenters. The van der Waals surface area contributed by atoms with Gasteiger partial charge in [-0.05, 0) is 45.0 Å². The van der Waals surface area contributed by atoms with Gasteiger partial charge in [-0.3, -0.25) is 14.8 Å². The Morgan fingerprint density at radius 2 is 2.03 bits per heavy atom. The molecule has 3 aromatic heterocycles. The van der Waals surface area contributed by atoms with E-state index in [0.717, 1.165) is 22.5 Å². The van der Waals surface area contributed by atoms with Gasteiger partial charge in [-0.15, -0.1) is 0 Å². The normalized spacial score (nSPS) is 12.0. The molecule has 3 N–H and O–H groups in total. The van der Waals surface area contributed by atoms with E-state index in [0.29, 0.717) is 33.7 Å². The van der Waals surface area contributed by atoms with Crippen molar-refractivity contribution in [2.45, 2.75) is 26.8 Å². The second-order valence-corrected chi connectivity index (χ2v) is 7.30. The van der Waals surface area contributed by atoms with Crippen LogP contribution in [0.1, 0.15) is 40.5 Å². The van der Waals surface area contributed by atoms with Gasteiger partial charge in [-0.25, -0.2) is 0 Å². The molecule has 4 rings (SSSR count). The van der Waals surface area contributed by atoms with Gasteiger partial charge in [0.1, 0.15) is 11.5 Å². The van der Waals surface area contributed by atoms with Crippen LogP contribution in [0.25, 0.3) is 22.0 Å². The largest absolute Gasteiger partial charge is 0.496 e. The highest BCUT2D eigenvalue weighted by molar-refractivity contribution is 6.07. The number of nitrogens with one attached hydrogen (secondary N) is 1. The molecule has 0 spiro atoms. The third-order valence-corrected chi connectivity index (χ3v) is 5.25. The fourth-order valence-corrected chi connectivity index (χ4v) is 3.72. The minimum atomic E-state index is -0.570. The van der Waals surface area contributed by atoms with Gasteiger partial charge < -0.3 is 20.3 Å². The van der Waals surface area contributed by atoms with E-state index >= 15 is 0 Å². The predicted molar refractivity (Wildman–Crippen MR) is 118 cm³/mol. The maximum absolute atomic E-state index is 12.2. The molecule has 3 heterocycles. The van der Waals surface area contributed by atoms with Crippen LogP contribution >= 0.6 is 0 Å². The van der Waals surface area contributed by atoms with Gasteiger partial charge in [0.15, 0.2) is 0 Å². The summed E-state index contributed by atoms with van der Waals surface area (Å²) in [6.45, 7) is 5.69. The zero-order valence-corrected chi connectivity index (χ0v) is 17.8. The van der Waals surface area contributed by atoms with Crippen molar-refractivity contribution in [2.24, 2.45) is 5.73 Å². The van der Waals surface area contributed by atoms with Crippen molar-refractivity contribution in [3.8, 4) is 16.9 Å². The maximum atomic E-state index is 12.2. The number of pyridine rings is 2. The van der Waals surface area contributed by atoms with Crippen LogP contribution in [0.4, 0.5) is 5.69 Å². The van der Waals surface area contributed by atoms with Gasteiger partial charge in [0.25, 0.3) is 5.91 Å². The number of nitrogens with two attached hydrogens (primary N) is 1. The molecule has 0 bridgehead atoms. The predicted octanol–water partition coefficient (Wildman–Crippen LogP) is 4.18. The Bertz CT molecular complexity index is 1250. The highest BCUT2D eigenvalue weighted by Crippen LogP contribution is 2.40. The second kappa shape index (κ2) is 8.06. The number of anilines is 1. The quantitative estimate of drug-likeness (QED) is 0.483. The third kappa shape index (κ3) is 3.68. The van der Waals surface area contributed by atoms with E-state index in [4.69, 9.17) is 15.0 Å². The van der Waals surface area contributed by atoms with Gasteiger partial charge in [0.2, 0.25) is 0 Å². The minimum absolute atomic E-state index is 0.168. The van der Waals surface area contributed by atoms with E-state index in [1.165, 1.54) is 6.20 Å². The number of benzene rings is 1. The van der Waals surface area contributed by atoms with Gasteiger partial charge in [-0.2, -0.15) is 0 Å². The molecule has 31 heavy (non-hydrogen) atoms. The number of hydrogen-bond acceptors (Lipinski definition) is 7. The van der Waals surface area contributed by atoms with Crippen LogP contribution in [-0.4, -0.2) is 28.1 Å². The van der Waals surface area contributed by atoms with Gasteiger partial charge in [-0.1, -0.05) is 11.2 Å². The molecule has 8 heteroatoms. The lowest BCUT2D eigenvalue weighted by atomic mass is 9.99. The number of aromatic nitrogens is 3. The third-order valence-electron chi connectivity index (χ3n) is 5.25. The summed E-state index contributed by atoms with van der Waals surface area (Å²) in [6.07, 6.45) is 3.22. The van der Waals surface area contributed by atoms with E-state index in [1.54, 1.807) is 13.3 Å². The lowest BCUT2D eigenvalue weighted by Crippen LogP contribution is -2.17. The standard InChI is InChI=1S/C23H23N5O3/c1-12(18-7-5-6-8-25-18)27-22-15-10-20(30-4)16(21-13(2)28-31-14(21)3)9-19(15)26-11-17(22)23(24)29/h5-12H,1-4H3,(H2,24,29)(H,26,27). The highest BCUT2D eigenvalue weighted by atomic mass is 16.5. The molecule has 4 aromatic rings. The lowest BCUT2D eigenvalue weighted by molar-refractivity contribution is 0.100. The van der Waals surface area contributed by atoms with Gasteiger partial charge in [0, 0.05) is 23.3 Å². The van der Waals surface area contributed by atoms with Crippen LogP contribution in [0.5, 0.6) is 5.75 Å². The number of carbonyl (C=O) groups is 1. The first kappa shape index (κ1) is 20.3. The molecule has 0 aliphatic carbocycles. The average Bonchev–Trinajstić information content (AvgIpc) is 3.11. The Hall–Kier alpha value is -3.94. The number of hydrogen-bond donors (Lipinski definition) is 2. The number of aryl methyl sites for hydroxylation is 2. The number of ether oxygens (including phenoxy) is 1. The topological polar surface area (TPSA) is 116 Å². The molecular formula is C23H23N5O3. The van der Waals surface area contributed by atoms with Gasteiger partial charge >= 0.3 is 0 Å². The molecule has 0 fully saturated rings. The highest BCUT2D eigenvalue weighted by Gasteiger charge is 2.21. The van der Waals surface area contributed by atoms with Crippen LogP contribution in [-0.2, 0) is 0 Å². The Morgan fingerprint density at radius 1 is 1.23 bits per heavy atom. The van der Waals surface area contributed by atoms with Crippen LogP contribution < -0.4 is 15.8 Å². The zero-order chi connectivity index (χ0) is 22.1. The van der Waals surface area contributed by atoms with Crippen LogP contribution in [0.2, 0.25) is 0 Å². The van der Waals surface area contributed by atoms with Crippen molar-refractivity contribution in [1.82, 2.24) is 15.1 Å². The molecular weight excluding hydrogens is 394 g/mol. The van der Waals surface area contributed by atoms with Crippen molar-refractivity contribution in [1.29, 1.82) is 0 Å². The minimum Gasteiger partial charge on any atom is -0.496 e. The lowest BCUT2D eigenvalue weighted by Gasteiger charge is -2.19. The first-order valence-electron chi connectivity index (χ1n) is 9.82. The molecule has 0 aliphatic heterocycles. The summed E-state index contributed by atoms with van der Waals surface area (Å²) >= 11 is 0. The smallest absolute Gasteiger partial charge is 0.252 e. The molecule has 1 amide bonds. The van der Waals surface area contributed by atoms with E-state index in [2.05, 4.69) is 20.4 Å². The first-order chi connectivity index (χ1) is 14.9. The number of nitrogens with zero attached hydrogens (tertiary/aromatic N) is 3. The Morgan fingerprint density at radius 3 is 2.65 bits per heavy atom. The number of fused-ring (bicyclic) bond motifs is 1. The molecule has 0 radical (unpaired) electrons. The van der Waals surface area contributed by atoms with Crippen LogP contribution in [0, 0.1) is 13.8 Å². The fourth-order valence-electron chi connectivity index (χ4n) is 3.72. The Labute approximate surface area is 179 Å². The Kier molecular flexibility index (Phi) is 5.29. The molecule has 1 aromatic carbocycles. The van der Waals surface area contributed by atoms with Crippen molar-refractivity contribution < 1.29 is 14.1 Å².